The van der Waals surface area contributed by atoms with Gasteiger partial charge in [-0.15, -0.1) is 10.2 Å². The van der Waals surface area contributed by atoms with Gasteiger partial charge in [0.05, 0.1) is 18.6 Å². The highest BCUT2D eigenvalue weighted by atomic mass is 32.2. The zero-order chi connectivity index (χ0) is 19.2. The van der Waals surface area contributed by atoms with Crippen molar-refractivity contribution in [1.82, 2.24) is 10.2 Å². The first-order valence-electron chi connectivity index (χ1n) is 7.91. The molecule has 5 nitrogen and oxygen atoms in total. The second kappa shape index (κ2) is 8.59. The first kappa shape index (κ1) is 18.8. The lowest BCUT2D eigenvalue weighted by Gasteiger charge is -2.07. The third kappa shape index (κ3) is 4.79. The number of methoxy groups -OCH3 is 1. The molecule has 138 valence electrons. The summed E-state index contributed by atoms with van der Waals surface area (Å²) in [6.45, 7) is 0. The molecule has 0 saturated heterocycles. The SMILES string of the molecule is COc1ccccc1-c1ccc(SCC(=O)Nc2ccc(F)c(F)c2)nn1. The van der Waals surface area contributed by atoms with Crippen molar-refractivity contribution in [3.63, 3.8) is 0 Å². The van der Waals surface area contributed by atoms with Gasteiger partial charge in [0.25, 0.3) is 0 Å². The lowest BCUT2D eigenvalue weighted by Crippen LogP contribution is -2.14. The molecule has 0 spiro atoms. The number of hydrogen-bond acceptors (Lipinski definition) is 5. The molecule has 0 fully saturated rings. The van der Waals surface area contributed by atoms with Gasteiger partial charge in [-0.25, -0.2) is 8.78 Å². The Morgan fingerprint density at radius 3 is 2.59 bits per heavy atom. The van der Waals surface area contributed by atoms with E-state index in [1.165, 1.54) is 17.8 Å². The van der Waals surface area contributed by atoms with E-state index in [-0.39, 0.29) is 17.3 Å². The maximum atomic E-state index is 13.2. The van der Waals surface area contributed by atoms with Gasteiger partial charge in [0.15, 0.2) is 11.6 Å². The minimum absolute atomic E-state index is 0.0572. The Morgan fingerprint density at radius 2 is 1.89 bits per heavy atom. The summed E-state index contributed by atoms with van der Waals surface area (Å²) in [6, 6.07) is 14.2. The van der Waals surface area contributed by atoms with Crippen molar-refractivity contribution >= 4 is 23.4 Å². The van der Waals surface area contributed by atoms with Crippen molar-refractivity contribution in [1.29, 1.82) is 0 Å². The highest BCUT2D eigenvalue weighted by Crippen LogP contribution is 2.28. The third-order valence-electron chi connectivity index (χ3n) is 3.58. The van der Waals surface area contributed by atoms with E-state index in [0.717, 1.165) is 17.7 Å². The largest absolute Gasteiger partial charge is 0.496 e. The van der Waals surface area contributed by atoms with E-state index in [2.05, 4.69) is 15.5 Å². The highest BCUT2D eigenvalue weighted by molar-refractivity contribution is 7.99. The number of benzene rings is 2. The van der Waals surface area contributed by atoms with Crippen LogP contribution in [0.4, 0.5) is 14.5 Å². The number of carbonyl (C=O) groups is 1. The van der Waals surface area contributed by atoms with E-state index in [9.17, 15) is 13.6 Å². The monoisotopic (exact) mass is 387 g/mol. The third-order valence-corrected chi connectivity index (χ3v) is 4.50. The summed E-state index contributed by atoms with van der Waals surface area (Å²) in [5.74, 6) is -1.59. The minimum Gasteiger partial charge on any atom is -0.496 e. The van der Waals surface area contributed by atoms with Crippen LogP contribution in [-0.4, -0.2) is 29.0 Å². The molecule has 0 unspecified atom stereocenters. The van der Waals surface area contributed by atoms with Crippen molar-refractivity contribution in [2.24, 2.45) is 0 Å². The molecule has 0 aliphatic heterocycles. The molecule has 0 saturated carbocycles. The molecule has 8 heteroatoms. The Balaban J connectivity index is 1.60. The van der Waals surface area contributed by atoms with Gasteiger partial charge in [0, 0.05) is 17.3 Å². The van der Waals surface area contributed by atoms with E-state index in [1.807, 2.05) is 24.3 Å². The Kier molecular flexibility index (Phi) is 5.97. The van der Waals surface area contributed by atoms with Gasteiger partial charge in [-0.2, -0.15) is 0 Å². The van der Waals surface area contributed by atoms with Crippen LogP contribution in [0.25, 0.3) is 11.3 Å². The number of nitrogens with one attached hydrogen (secondary N) is 1. The average molecular weight is 387 g/mol. The average Bonchev–Trinajstić information content (AvgIpc) is 2.69. The number of nitrogens with zero attached hydrogens (tertiary/aromatic N) is 2. The molecular formula is C19H15F2N3O2S. The number of para-hydroxylation sites is 1. The molecule has 0 bridgehead atoms. The van der Waals surface area contributed by atoms with Crippen LogP contribution in [-0.2, 0) is 4.79 Å². The Bertz CT molecular complexity index is 952. The van der Waals surface area contributed by atoms with Crippen molar-refractivity contribution < 1.29 is 18.3 Å². The minimum atomic E-state index is -1.02. The van der Waals surface area contributed by atoms with Gasteiger partial charge in [-0.05, 0) is 36.4 Å². The molecule has 0 radical (unpaired) electrons. The molecular weight excluding hydrogens is 372 g/mol. The first-order valence-corrected chi connectivity index (χ1v) is 8.90. The predicted octanol–water partition coefficient (Wildman–Crippen LogP) is 4.16. The first-order chi connectivity index (χ1) is 13.1. The molecule has 1 aromatic heterocycles. The van der Waals surface area contributed by atoms with Gasteiger partial charge in [-0.1, -0.05) is 23.9 Å². The predicted molar refractivity (Wildman–Crippen MR) is 99.7 cm³/mol. The van der Waals surface area contributed by atoms with Crippen LogP contribution in [0.15, 0.2) is 59.6 Å². The number of amides is 1. The molecule has 3 rings (SSSR count). The molecule has 1 N–H and O–H groups in total. The fraction of sp³-hybridized carbons (Fsp3) is 0.105. The summed E-state index contributed by atoms with van der Waals surface area (Å²) < 4.78 is 31.4. The maximum absolute atomic E-state index is 13.2. The van der Waals surface area contributed by atoms with Gasteiger partial charge in [0.2, 0.25) is 5.91 Å². The van der Waals surface area contributed by atoms with Gasteiger partial charge in [0.1, 0.15) is 10.8 Å². The van der Waals surface area contributed by atoms with Crippen molar-refractivity contribution in [2.45, 2.75) is 5.03 Å². The van der Waals surface area contributed by atoms with Gasteiger partial charge < -0.3 is 10.1 Å². The van der Waals surface area contributed by atoms with E-state index in [1.54, 1.807) is 19.2 Å². The van der Waals surface area contributed by atoms with Crippen LogP contribution in [0.3, 0.4) is 0 Å². The Morgan fingerprint density at radius 1 is 1.07 bits per heavy atom. The van der Waals surface area contributed by atoms with E-state index in [0.29, 0.717) is 16.5 Å². The second-order valence-corrected chi connectivity index (χ2v) is 6.42. The number of carbonyl (C=O) groups excluding carboxylic acids is 1. The summed E-state index contributed by atoms with van der Waals surface area (Å²) >= 11 is 1.18. The molecule has 0 aliphatic rings. The summed E-state index contributed by atoms with van der Waals surface area (Å²) in [5.41, 5.74) is 1.67. The summed E-state index contributed by atoms with van der Waals surface area (Å²) in [7, 11) is 1.59. The fourth-order valence-electron chi connectivity index (χ4n) is 2.31. The number of rotatable bonds is 6. The molecule has 1 amide bonds. The lowest BCUT2D eigenvalue weighted by atomic mass is 10.1. The van der Waals surface area contributed by atoms with Crippen LogP contribution in [0.5, 0.6) is 5.75 Å². The zero-order valence-electron chi connectivity index (χ0n) is 14.3. The summed E-state index contributed by atoms with van der Waals surface area (Å²) in [4.78, 5) is 11.9. The number of thioether (sulfide) groups is 1. The van der Waals surface area contributed by atoms with Gasteiger partial charge >= 0.3 is 0 Å². The normalized spacial score (nSPS) is 10.5. The lowest BCUT2D eigenvalue weighted by molar-refractivity contribution is -0.113. The van der Waals surface area contributed by atoms with Crippen LogP contribution in [0.1, 0.15) is 0 Å². The Labute approximate surface area is 158 Å². The quantitative estimate of drug-likeness (QED) is 0.644. The zero-order valence-corrected chi connectivity index (χ0v) is 15.1. The molecule has 1 heterocycles. The molecule has 0 aliphatic carbocycles. The van der Waals surface area contributed by atoms with E-state index >= 15 is 0 Å². The van der Waals surface area contributed by atoms with Crippen LogP contribution < -0.4 is 10.1 Å². The topological polar surface area (TPSA) is 64.1 Å². The van der Waals surface area contributed by atoms with Crippen LogP contribution >= 0.6 is 11.8 Å². The smallest absolute Gasteiger partial charge is 0.234 e. The van der Waals surface area contributed by atoms with E-state index in [4.69, 9.17) is 4.74 Å². The van der Waals surface area contributed by atoms with E-state index < -0.39 is 11.6 Å². The van der Waals surface area contributed by atoms with Crippen LogP contribution in [0, 0.1) is 11.6 Å². The Hall–Kier alpha value is -3.00. The maximum Gasteiger partial charge on any atom is 0.234 e. The number of hydrogen-bond donors (Lipinski definition) is 1. The number of anilines is 1. The van der Waals surface area contributed by atoms with Gasteiger partial charge in [-0.3, -0.25) is 4.79 Å². The van der Waals surface area contributed by atoms with Crippen LogP contribution in [0.2, 0.25) is 0 Å². The standard InChI is InChI=1S/C19H15F2N3O2S/c1-26-17-5-3-2-4-13(17)16-8-9-19(24-23-16)27-11-18(25)22-12-6-7-14(20)15(21)10-12/h2-10H,11H2,1H3,(H,22,25). The van der Waals surface area contributed by atoms with Crippen molar-refractivity contribution in [3.05, 3.63) is 66.2 Å². The van der Waals surface area contributed by atoms with Crippen molar-refractivity contribution in [2.75, 3.05) is 18.2 Å². The summed E-state index contributed by atoms with van der Waals surface area (Å²) in [5, 5.41) is 11.3. The number of halogens is 2. The fourth-order valence-corrected chi connectivity index (χ4v) is 2.92. The molecule has 27 heavy (non-hydrogen) atoms. The molecule has 2 aromatic carbocycles. The molecule has 0 atom stereocenters. The highest BCUT2D eigenvalue weighted by Gasteiger charge is 2.10. The number of aromatic nitrogens is 2. The number of ether oxygens (including phenoxy) is 1. The van der Waals surface area contributed by atoms with Crippen molar-refractivity contribution in [3.8, 4) is 17.0 Å². The molecule has 3 aromatic rings. The second-order valence-electron chi connectivity index (χ2n) is 5.42. The summed E-state index contributed by atoms with van der Waals surface area (Å²) in [6.07, 6.45) is 0.